The molecule has 0 aliphatic carbocycles. The smallest absolute Gasteiger partial charge is 0.382 e. The monoisotopic (exact) mass is 293 g/mol. The van der Waals surface area contributed by atoms with Crippen LogP contribution in [0.1, 0.15) is 13.3 Å². The summed E-state index contributed by atoms with van der Waals surface area (Å²) in [6.45, 7) is 1.55. The van der Waals surface area contributed by atoms with Gasteiger partial charge in [0, 0.05) is 20.8 Å². The zero-order chi connectivity index (χ0) is 14.4. The zero-order valence-corrected chi connectivity index (χ0v) is 11.3. The van der Waals surface area contributed by atoms with E-state index in [1.54, 1.807) is 6.92 Å². The van der Waals surface area contributed by atoms with Crippen LogP contribution in [-0.2, 0) is 19.5 Å². The van der Waals surface area contributed by atoms with Gasteiger partial charge >= 0.3 is 6.18 Å². The lowest BCUT2D eigenvalue weighted by atomic mass is 10.1. The molecule has 0 fully saturated rings. The van der Waals surface area contributed by atoms with Gasteiger partial charge in [0.2, 0.25) is 10.0 Å². The van der Waals surface area contributed by atoms with Crippen molar-refractivity contribution in [3.63, 3.8) is 0 Å². The van der Waals surface area contributed by atoms with E-state index in [0.717, 1.165) is 0 Å². The Bertz CT molecular complexity index is 344. The maximum atomic E-state index is 11.9. The molecule has 0 amide bonds. The lowest BCUT2D eigenvalue weighted by Gasteiger charge is -2.27. The van der Waals surface area contributed by atoms with Crippen molar-refractivity contribution in [2.45, 2.75) is 25.1 Å². The first-order valence-electron chi connectivity index (χ1n) is 5.12. The first-order chi connectivity index (χ1) is 8.04. The molecule has 1 atom stereocenters. The third-order valence-corrected chi connectivity index (χ3v) is 3.59. The van der Waals surface area contributed by atoms with Crippen LogP contribution in [0.5, 0.6) is 0 Å². The second-order valence-electron chi connectivity index (χ2n) is 4.09. The fourth-order valence-corrected chi connectivity index (χ4v) is 2.24. The summed E-state index contributed by atoms with van der Waals surface area (Å²) < 4.78 is 70.4. The minimum Gasteiger partial charge on any atom is -0.382 e. The summed E-state index contributed by atoms with van der Waals surface area (Å²) in [6.07, 6.45) is -5.87. The molecule has 1 N–H and O–H groups in total. The fourth-order valence-electron chi connectivity index (χ4n) is 1.07. The number of alkyl halides is 3. The molecule has 0 saturated carbocycles. The molecule has 0 aliphatic heterocycles. The Morgan fingerprint density at radius 2 is 1.78 bits per heavy atom. The molecule has 5 nitrogen and oxygen atoms in total. The molecular weight excluding hydrogens is 275 g/mol. The Kier molecular flexibility index (Phi) is 6.55. The molecule has 0 aromatic heterocycles. The van der Waals surface area contributed by atoms with Gasteiger partial charge in [-0.3, -0.25) is 0 Å². The standard InChI is InChI=1S/C9H18F3NO4S/c1-8(17-3,7-16-2)6-13-18(14,15)5-4-9(10,11)12/h13H,4-7H2,1-3H3. The van der Waals surface area contributed by atoms with E-state index in [2.05, 4.69) is 4.72 Å². The number of nitrogens with one attached hydrogen (secondary N) is 1. The van der Waals surface area contributed by atoms with Crippen molar-refractivity contribution in [2.75, 3.05) is 33.1 Å². The average Bonchev–Trinajstić information content (AvgIpc) is 2.24. The molecular formula is C9H18F3NO4S. The molecule has 0 radical (unpaired) electrons. The largest absolute Gasteiger partial charge is 0.390 e. The Balaban J connectivity index is 4.34. The summed E-state index contributed by atoms with van der Waals surface area (Å²) in [5.74, 6) is -0.997. The molecule has 9 heteroatoms. The SMILES string of the molecule is COCC(C)(CNS(=O)(=O)CCC(F)(F)F)OC. The van der Waals surface area contributed by atoms with Crippen molar-refractivity contribution in [3.05, 3.63) is 0 Å². The van der Waals surface area contributed by atoms with Crippen LogP contribution in [0.15, 0.2) is 0 Å². The Labute approximate surface area is 105 Å². The number of ether oxygens (including phenoxy) is 2. The van der Waals surface area contributed by atoms with Crippen LogP contribution in [0.2, 0.25) is 0 Å². The maximum Gasteiger partial charge on any atom is 0.390 e. The molecule has 0 bridgehead atoms. The molecule has 0 spiro atoms. The van der Waals surface area contributed by atoms with E-state index in [1.807, 2.05) is 0 Å². The van der Waals surface area contributed by atoms with Crippen LogP contribution in [-0.4, -0.2) is 53.3 Å². The van der Waals surface area contributed by atoms with Gasteiger partial charge in [0.05, 0.1) is 18.8 Å². The summed E-state index contributed by atoms with van der Waals surface area (Å²) in [4.78, 5) is 0. The topological polar surface area (TPSA) is 64.6 Å². The summed E-state index contributed by atoms with van der Waals surface area (Å²) >= 11 is 0. The molecule has 0 aromatic rings. The molecule has 0 aromatic carbocycles. The van der Waals surface area contributed by atoms with Crippen LogP contribution >= 0.6 is 0 Å². The van der Waals surface area contributed by atoms with E-state index in [1.165, 1.54) is 14.2 Å². The molecule has 1 unspecified atom stereocenters. The van der Waals surface area contributed by atoms with E-state index in [4.69, 9.17) is 9.47 Å². The summed E-state index contributed by atoms with van der Waals surface area (Å²) in [5, 5.41) is 0. The molecule has 0 saturated heterocycles. The number of hydrogen-bond acceptors (Lipinski definition) is 4. The normalized spacial score (nSPS) is 16.6. The predicted molar refractivity (Wildman–Crippen MR) is 59.8 cm³/mol. The highest BCUT2D eigenvalue weighted by atomic mass is 32.2. The van der Waals surface area contributed by atoms with Crippen LogP contribution in [0.4, 0.5) is 13.2 Å². The van der Waals surface area contributed by atoms with Gasteiger partial charge < -0.3 is 9.47 Å². The Morgan fingerprint density at radius 1 is 1.22 bits per heavy atom. The summed E-state index contributed by atoms with van der Waals surface area (Å²) in [5.41, 5.74) is -0.917. The first-order valence-corrected chi connectivity index (χ1v) is 6.77. The number of methoxy groups -OCH3 is 2. The molecule has 0 rings (SSSR count). The van der Waals surface area contributed by atoms with E-state index >= 15 is 0 Å². The van der Waals surface area contributed by atoms with Gasteiger partial charge in [-0.1, -0.05) is 0 Å². The number of sulfonamides is 1. The molecule has 0 heterocycles. The average molecular weight is 293 g/mol. The van der Waals surface area contributed by atoms with E-state index in [9.17, 15) is 21.6 Å². The van der Waals surface area contributed by atoms with E-state index in [0.29, 0.717) is 0 Å². The quantitative estimate of drug-likeness (QED) is 0.722. The van der Waals surface area contributed by atoms with Gasteiger partial charge in [0.25, 0.3) is 0 Å². The maximum absolute atomic E-state index is 11.9. The van der Waals surface area contributed by atoms with Gasteiger partial charge in [0.15, 0.2) is 0 Å². The van der Waals surface area contributed by atoms with Crippen LogP contribution in [0.25, 0.3) is 0 Å². The second kappa shape index (κ2) is 6.69. The predicted octanol–water partition coefficient (Wildman–Crippen LogP) is 0.910. The minimum absolute atomic E-state index is 0.116. The summed E-state index contributed by atoms with van der Waals surface area (Å²) in [7, 11) is -1.21. The summed E-state index contributed by atoms with van der Waals surface area (Å²) in [6, 6.07) is 0. The van der Waals surface area contributed by atoms with Gasteiger partial charge in [0.1, 0.15) is 5.60 Å². The highest BCUT2D eigenvalue weighted by molar-refractivity contribution is 7.89. The zero-order valence-electron chi connectivity index (χ0n) is 10.5. The Morgan fingerprint density at radius 3 is 2.17 bits per heavy atom. The number of hydrogen-bond donors (Lipinski definition) is 1. The van der Waals surface area contributed by atoms with Crippen molar-refractivity contribution in [2.24, 2.45) is 0 Å². The number of halogens is 3. The number of rotatable bonds is 8. The minimum atomic E-state index is -4.49. The van der Waals surface area contributed by atoms with E-state index < -0.39 is 34.0 Å². The highest BCUT2D eigenvalue weighted by Crippen LogP contribution is 2.20. The van der Waals surface area contributed by atoms with Crippen molar-refractivity contribution in [1.29, 1.82) is 0 Å². The van der Waals surface area contributed by atoms with Crippen LogP contribution in [0.3, 0.4) is 0 Å². The van der Waals surface area contributed by atoms with Crippen molar-refractivity contribution in [1.82, 2.24) is 4.72 Å². The lowest BCUT2D eigenvalue weighted by Crippen LogP contribution is -2.46. The van der Waals surface area contributed by atoms with Crippen LogP contribution < -0.4 is 4.72 Å². The van der Waals surface area contributed by atoms with Gasteiger partial charge in [-0.15, -0.1) is 0 Å². The van der Waals surface area contributed by atoms with Gasteiger partial charge in [-0.2, -0.15) is 13.2 Å². The highest BCUT2D eigenvalue weighted by Gasteiger charge is 2.31. The van der Waals surface area contributed by atoms with Crippen molar-refractivity contribution in [3.8, 4) is 0 Å². The van der Waals surface area contributed by atoms with Gasteiger partial charge in [-0.25, -0.2) is 13.1 Å². The van der Waals surface area contributed by atoms with Gasteiger partial charge in [-0.05, 0) is 6.92 Å². The molecule has 110 valence electrons. The lowest BCUT2D eigenvalue weighted by molar-refractivity contribution is -0.130. The molecule has 0 aliphatic rings. The van der Waals surface area contributed by atoms with Crippen molar-refractivity contribution >= 4 is 10.0 Å². The fraction of sp³-hybridized carbons (Fsp3) is 1.00. The van der Waals surface area contributed by atoms with Crippen LogP contribution in [0, 0.1) is 0 Å². The van der Waals surface area contributed by atoms with E-state index in [-0.39, 0.29) is 13.2 Å². The van der Waals surface area contributed by atoms with Crippen molar-refractivity contribution < 1.29 is 31.1 Å². The third kappa shape index (κ3) is 7.85. The Hall–Kier alpha value is -0.380. The molecule has 18 heavy (non-hydrogen) atoms. The first kappa shape index (κ1) is 17.6. The third-order valence-electron chi connectivity index (χ3n) is 2.26. The second-order valence-corrected chi connectivity index (χ2v) is 6.02.